The number of thiol groups is 1. The van der Waals surface area contributed by atoms with E-state index < -0.39 is 0 Å². The van der Waals surface area contributed by atoms with Crippen molar-refractivity contribution < 1.29 is 9.53 Å². The van der Waals surface area contributed by atoms with Crippen LogP contribution in [0.25, 0.3) is 0 Å². The Hall–Kier alpha value is -2.84. The number of nitrogens with one attached hydrogen (secondary N) is 1. The van der Waals surface area contributed by atoms with Gasteiger partial charge in [-0.2, -0.15) is 12.6 Å². The van der Waals surface area contributed by atoms with Crippen molar-refractivity contribution in [1.29, 1.82) is 0 Å². The first-order valence-electron chi connectivity index (χ1n) is 9.97. The van der Waals surface area contributed by atoms with Gasteiger partial charge in [-0.25, -0.2) is 9.78 Å². The van der Waals surface area contributed by atoms with Gasteiger partial charge in [0.05, 0.1) is 10.9 Å². The number of ether oxygens (including phenoxy) is 1. The van der Waals surface area contributed by atoms with Crippen LogP contribution in [0.1, 0.15) is 28.0 Å². The van der Waals surface area contributed by atoms with Gasteiger partial charge in [0, 0.05) is 50.8 Å². The van der Waals surface area contributed by atoms with Crippen molar-refractivity contribution in [1.82, 2.24) is 24.8 Å². The summed E-state index contributed by atoms with van der Waals surface area (Å²) in [6.45, 7) is 5.67. The Morgan fingerprint density at radius 2 is 1.93 bits per heavy atom. The molecule has 0 spiro atoms. The van der Waals surface area contributed by atoms with Gasteiger partial charge in [-0.3, -0.25) is 9.88 Å². The zero-order chi connectivity index (χ0) is 20.9. The van der Waals surface area contributed by atoms with Crippen molar-refractivity contribution in [2.45, 2.75) is 18.7 Å². The van der Waals surface area contributed by atoms with Crippen LogP contribution in [0.4, 0.5) is 4.79 Å². The molecule has 1 aliphatic heterocycles. The molecule has 156 valence electrons. The number of aromatic nitrogens is 3. The molecule has 1 N–H and O–H groups in total. The molecule has 1 saturated heterocycles. The Kier molecular flexibility index (Phi) is 6.35. The fourth-order valence-electron chi connectivity index (χ4n) is 3.47. The average Bonchev–Trinajstić information content (AvgIpc) is 3.29. The predicted octanol–water partition coefficient (Wildman–Crippen LogP) is 3.45. The van der Waals surface area contributed by atoms with Crippen LogP contribution in [0.2, 0.25) is 0 Å². The zero-order valence-electron chi connectivity index (χ0n) is 16.9. The number of hydrogen-bond donors (Lipinski definition) is 2. The monoisotopic (exact) mass is 423 g/mol. The molecule has 8 heteroatoms. The number of imidazole rings is 1. The van der Waals surface area contributed by atoms with Crippen LogP contribution in [0.3, 0.4) is 0 Å². The topological polar surface area (TPSA) is 74.3 Å². The van der Waals surface area contributed by atoms with Crippen LogP contribution in [-0.2, 0) is 6.54 Å². The lowest BCUT2D eigenvalue weighted by atomic mass is 10.1. The van der Waals surface area contributed by atoms with Crippen LogP contribution in [0.15, 0.2) is 54.9 Å². The number of benzene rings is 1. The number of aromatic amines is 1. The molecule has 1 fully saturated rings. The highest BCUT2D eigenvalue weighted by Gasteiger charge is 2.23. The number of hydrogen-bond acceptors (Lipinski definition) is 6. The molecule has 1 atom stereocenters. The Labute approximate surface area is 181 Å². The third-order valence-electron chi connectivity index (χ3n) is 5.14. The molecule has 3 heterocycles. The molecule has 30 heavy (non-hydrogen) atoms. The van der Waals surface area contributed by atoms with Crippen LogP contribution >= 0.6 is 12.6 Å². The largest absolute Gasteiger partial charge is 0.415 e. The molecule has 0 bridgehead atoms. The number of carbonyl (C=O) groups is 1. The van der Waals surface area contributed by atoms with Gasteiger partial charge in [0.2, 0.25) is 0 Å². The standard InChI is InChI=1S/C22H25N5O2S/c1-16-3-2-4-18(25-16)15-26-11-13-27(14-12-26)22(28)29-19-7-5-17(6-8-19)20(30)21-23-9-10-24-21/h2-10,20,30H,11-15H2,1H3,(H,23,24). The molecule has 1 unspecified atom stereocenters. The first kappa shape index (κ1) is 20.4. The lowest BCUT2D eigenvalue weighted by Crippen LogP contribution is -2.49. The zero-order valence-corrected chi connectivity index (χ0v) is 17.8. The molecule has 0 aliphatic carbocycles. The fourth-order valence-corrected chi connectivity index (χ4v) is 3.79. The Morgan fingerprint density at radius 3 is 2.60 bits per heavy atom. The molecule has 7 nitrogen and oxygen atoms in total. The quantitative estimate of drug-likeness (QED) is 0.615. The molecular formula is C22H25N5O2S. The van der Waals surface area contributed by atoms with Crippen molar-refractivity contribution in [3.8, 4) is 5.75 Å². The second kappa shape index (κ2) is 9.32. The number of amides is 1. The van der Waals surface area contributed by atoms with Gasteiger partial charge < -0.3 is 14.6 Å². The van der Waals surface area contributed by atoms with Crippen molar-refractivity contribution >= 4 is 18.7 Å². The molecule has 3 aromatic rings. The summed E-state index contributed by atoms with van der Waals surface area (Å²) in [7, 11) is 0. The van der Waals surface area contributed by atoms with Gasteiger partial charge in [0.15, 0.2) is 0 Å². The van der Waals surface area contributed by atoms with Crippen LogP contribution in [-0.4, -0.2) is 57.0 Å². The smallest absolute Gasteiger partial charge is 0.410 e. The molecule has 0 saturated carbocycles. The van der Waals surface area contributed by atoms with Gasteiger partial charge in [-0.1, -0.05) is 18.2 Å². The molecular weight excluding hydrogens is 398 g/mol. The number of rotatable bonds is 5. The minimum atomic E-state index is -0.315. The van der Waals surface area contributed by atoms with Crippen LogP contribution < -0.4 is 4.74 Å². The Morgan fingerprint density at radius 1 is 1.17 bits per heavy atom. The maximum absolute atomic E-state index is 12.5. The van der Waals surface area contributed by atoms with Crippen molar-refractivity contribution in [3.63, 3.8) is 0 Å². The first-order valence-corrected chi connectivity index (χ1v) is 10.5. The van der Waals surface area contributed by atoms with Crippen molar-refractivity contribution in [2.24, 2.45) is 0 Å². The molecule has 1 aromatic carbocycles. The SMILES string of the molecule is Cc1cccc(CN2CCN(C(=O)Oc3ccc(C(S)c4ncc[nH]4)cc3)CC2)n1. The van der Waals surface area contributed by atoms with Gasteiger partial charge in [0.1, 0.15) is 11.6 Å². The second-order valence-electron chi connectivity index (χ2n) is 7.35. The number of H-pyrrole nitrogens is 1. The first-order chi connectivity index (χ1) is 14.6. The normalized spacial score (nSPS) is 15.7. The minimum Gasteiger partial charge on any atom is -0.410 e. The highest BCUT2D eigenvalue weighted by molar-refractivity contribution is 7.80. The highest BCUT2D eigenvalue weighted by atomic mass is 32.1. The van der Waals surface area contributed by atoms with Gasteiger partial charge >= 0.3 is 6.09 Å². The summed E-state index contributed by atoms with van der Waals surface area (Å²) in [4.78, 5) is 28.4. The van der Waals surface area contributed by atoms with E-state index in [9.17, 15) is 4.79 Å². The summed E-state index contributed by atoms with van der Waals surface area (Å²) in [5.74, 6) is 1.30. The molecule has 2 aromatic heterocycles. The van der Waals surface area contributed by atoms with E-state index in [4.69, 9.17) is 4.74 Å². The third kappa shape index (κ3) is 5.01. The average molecular weight is 424 g/mol. The highest BCUT2D eigenvalue weighted by Crippen LogP contribution is 2.27. The van der Waals surface area contributed by atoms with E-state index in [0.717, 1.165) is 42.4 Å². The molecule has 1 amide bonds. The van der Waals surface area contributed by atoms with Gasteiger partial charge in [0.25, 0.3) is 0 Å². The fraction of sp³-hybridized carbons (Fsp3) is 0.318. The lowest BCUT2D eigenvalue weighted by Gasteiger charge is -2.33. The van der Waals surface area contributed by atoms with Crippen molar-refractivity contribution in [2.75, 3.05) is 26.2 Å². The van der Waals surface area contributed by atoms with Crippen LogP contribution in [0.5, 0.6) is 5.75 Å². The van der Waals surface area contributed by atoms with E-state index in [0.29, 0.717) is 18.8 Å². The number of aryl methyl sites for hydroxylation is 1. The molecule has 1 aliphatic rings. The number of carbonyl (C=O) groups excluding carboxylic acids is 1. The molecule has 4 rings (SSSR count). The van der Waals surface area contributed by atoms with Gasteiger partial charge in [-0.15, -0.1) is 0 Å². The second-order valence-corrected chi connectivity index (χ2v) is 7.86. The van der Waals surface area contributed by atoms with E-state index in [1.807, 2.05) is 37.3 Å². The summed E-state index contributed by atoms with van der Waals surface area (Å²) in [5.41, 5.74) is 3.06. The summed E-state index contributed by atoms with van der Waals surface area (Å²) in [6, 6.07) is 13.4. The third-order valence-corrected chi connectivity index (χ3v) is 5.68. The van der Waals surface area contributed by atoms with E-state index in [1.165, 1.54) is 0 Å². The van der Waals surface area contributed by atoms with Crippen LogP contribution in [0, 0.1) is 6.92 Å². The lowest BCUT2D eigenvalue weighted by molar-refractivity contribution is 0.107. The minimum absolute atomic E-state index is 0.152. The van der Waals surface area contributed by atoms with Gasteiger partial charge in [-0.05, 0) is 36.8 Å². The number of piperazine rings is 1. The predicted molar refractivity (Wildman–Crippen MR) is 118 cm³/mol. The summed E-state index contributed by atoms with van der Waals surface area (Å²) in [5, 5.41) is -0.152. The maximum atomic E-state index is 12.5. The van der Waals surface area contributed by atoms with E-state index in [2.05, 4.69) is 32.5 Å². The van der Waals surface area contributed by atoms with E-state index in [-0.39, 0.29) is 11.3 Å². The Bertz CT molecular complexity index is 969. The van der Waals surface area contributed by atoms with E-state index in [1.54, 1.807) is 29.4 Å². The summed E-state index contributed by atoms with van der Waals surface area (Å²) < 4.78 is 5.56. The molecule has 0 radical (unpaired) electrons. The summed E-state index contributed by atoms with van der Waals surface area (Å²) >= 11 is 4.59. The number of pyridine rings is 1. The maximum Gasteiger partial charge on any atom is 0.415 e. The van der Waals surface area contributed by atoms with Crippen molar-refractivity contribution in [3.05, 3.63) is 77.6 Å². The Balaban J connectivity index is 1.27. The van der Waals surface area contributed by atoms with E-state index >= 15 is 0 Å². The number of nitrogens with zero attached hydrogens (tertiary/aromatic N) is 4. The summed E-state index contributed by atoms with van der Waals surface area (Å²) in [6.07, 6.45) is 3.15.